The van der Waals surface area contributed by atoms with Crippen molar-refractivity contribution in [2.75, 3.05) is 13.1 Å². The lowest BCUT2D eigenvalue weighted by atomic mass is 9.91. The van der Waals surface area contributed by atoms with E-state index in [1.54, 1.807) is 46.9 Å². The van der Waals surface area contributed by atoms with E-state index < -0.39 is 10.3 Å². The molecule has 27 heavy (non-hydrogen) atoms. The summed E-state index contributed by atoms with van der Waals surface area (Å²) in [5, 5.41) is 8.47. The maximum Gasteiger partial charge on any atom is 0.385 e. The van der Waals surface area contributed by atoms with Crippen molar-refractivity contribution < 1.29 is 12.6 Å². The number of hydrogen-bond acceptors (Lipinski definition) is 5. The van der Waals surface area contributed by atoms with E-state index in [0.29, 0.717) is 31.7 Å². The molecule has 3 heterocycles. The molecule has 3 aromatic rings. The Morgan fingerprint density at radius 1 is 0.889 bits per heavy atom. The minimum absolute atomic E-state index is 0.344. The molecule has 0 saturated carbocycles. The van der Waals surface area contributed by atoms with E-state index in [2.05, 4.69) is 33.7 Å². The summed E-state index contributed by atoms with van der Waals surface area (Å²) in [5.41, 5.74) is 4.98. The molecule has 4 rings (SSSR count). The summed E-state index contributed by atoms with van der Waals surface area (Å²) in [4.78, 5) is 0. The summed E-state index contributed by atoms with van der Waals surface area (Å²) in [6, 6.07) is 12.9. The van der Waals surface area contributed by atoms with Crippen LogP contribution < -0.4 is 4.18 Å². The third-order valence-corrected chi connectivity index (χ3v) is 7.33. The fourth-order valence-corrected chi connectivity index (χ4v) is 5.65. The molecule has 1 aromatic carbocycles. The Labute approximate surface area is 167 Å². The monoisotopic (exact) mass is 417 g/mol. The van der Waals surface area contributed by atoms with Gasteiger partial charge in [0.05, 0.1) is 0 Å². The van der Waals surface area contributed by atoms with Crippen molar-refractivity contribution in [1.82, 2.24) is 4.31 Å². The zero-order valence-corrected chi connectivity index (χ0v) is 17.0. The maximum atomic E-state index is 12.6. The van der Waals surface area contributed by atoms with Crippen molar-refractivity contribution in [2.24, 2.45) is 0 Å². The number of rotatable bonds is 5. The van der Waals surface area contributed by atoms with E-state index in [1.807, 2.05) is 6.07 Å². The molecule has 0 spiro atoms. The summed E-state index contributed by atoms with van der Waals surface area (Å²) >= 11 is 3.36. The Balaban J connectivity index is 1.54. The number of benzene rings is 1. The first-order valence-electron chi connectivity index (χ1n) is 8.65. The minimum Gasteiger partial charge on any atom is -0.371 e. The second-order valence-electron chi connectivity index (χ2n) is 6.26. The van der Waals surface area contributed by atoms with Gasteiger partial charge in [0.2, 0.25) is 0 Å². The lowest BCUT2D eigenvalue weighted by Gasteiger charge is -2.28. The molecule has 1 aliphatic heterocycles. The number of thiophene rings is 2. The van der Waals surface area contributed by atoms with Crippen molar-refractivity contribution in [2.45, 2.75) is 12.8 Å². The van der Waals surface area contributed by atoms with E-state index in [-0.39, 0.29) is 0 Å². The third-order valence-electron chi connectivity index (χ3n) is 4.56. The smallest absolute Gasteiger partial charge is 0.371 e. The van der Waals surface area contributed by atoms with E-state index in [9.17, 15) is 8.42 Å². The minimum atomic E-state index is -3.78. The van der Waals surface area contributed by atoms with E-state index in [0.717, 1.165) is 0 Å². The van der Waals surface area contributed by atoms with Crippen LogP contribution in [-0.4, -0.2) is 25.8 Å². The van der Waals surface area contributed by atoms with Crippen LogP contribution in [0.3, 0.4) is 0 Å². The molecule has 0 amide bonds. The molecule has 4 nitrogen and oxygen atoms in total. The zero-order chi connectivity index (χ0) is 18.7. The Morgan fingerprint density at radius 2 is 1.48 bits per heavy atom. The van der Waals surface area contributed by atoms with Crippen molar-refractivity contribution in [1.29, 1.82) is 0 Å². The first kappa shape index (κ1) is 18.4. The van der Waals surface area contributed by atoms with Crippen molar-refractivity contribution in [3.05, 3.63) is 80.7 Å². The highest BCUT2D eigenvalue weighted by Crippen LogP contribution is 2.35. The van der Waals surface area contributed by atoms with E-state index in [4.69, 9.17) is 4.18 Å². The number of hydrogen-bond donors (Lipinski definition) is 0. The second-order valence-corrected chi connectivity index (χ2v) is 9.35. The summed E-state index contributed by atoms with van der Waals surface area (Å²) in [6.07, 6.45) is 1.41. The molecule has 0 unspecified atom stereocenters. The number of nitrogens with zero attached hydrogens (tertiary/aromatic N) is 1. The van der Waals surface area contributed by atoms with Crippen LogP contribution in [-0.2, 0) is 10.3 Å². The molecular formula is C20H19NO3S3. The first-order chi connectivity index (χ1) is 13.1. The average molecular weight is 418 g/mol. The SMILES string of the molecule is O=S(=O)(Oc1ccccc1)N1CCC(=C(c2ccsc2)c2ccsc2)CC1. The van der Waals surface area contributed by atoms with Gasteiger partial charge in [-0.3, -0.25) is 0 Å². The van der Waals surface area contributed by atoms with Crippen LogP contribution in [0.15, 0.2) is 69.6 Å². The van der Waals surface area contributed by atoms with Crippen LogP contribution in [0, 0.1) is 0 Å². The topological polar surface area (TPSA) is 46.6 Å². The van der Waals surface area contributed by atoms with Gasteiger partial charge in [-0.05, 0) is 75.3 Å². The molecule has 0 atom stereocenters. The molecule has 0 aliphatic carbocycles. The fraction of sp³-hybridized carbons (Fsp3) is 0.200. The standard InChI is InChI=1S/C20H19NO3S3/c22-27(23,24-19-4-2-1-3-5-19)21-10-6-16(7-11-21)20(17-8-12-25-14-17)18-9-13-26-15-18/h1-5,8-9,12-15H,6-7,10-11H2. The molecule has 0 bridgehead atoms. The molecule has 1 aliphatic rings. The van der Waals surface area contributed by atoms with Crippen LogP contribution in [0.5, 0.6) is 5.75 Å². The lowest BCUT2D eigenvalue weighted by molar-refractivity contribution is 0.340. The highest BCUT2D eigenvalue weighted by Gasteiger charge is 2.29. The zero-order valence-electron chi connectivity index (χ0n) is 14.6. The average Bonchev–Trinajstić information content (AvgIpc) is 3.38. The van der Waals surface area contributed by atoms with Gasteiger partial charge in [0.15, 0.2) is 0 Å². The molecule has 0 N–H and O–H groups in total. The number of piperidine rings is 1. The predicted octanol–water partition coefficient (Wildman–Crippen LogP) is 5.03. The summed E-state index contributed by atoms with van der Waals surface area (Å²) < 4.78 is 31.9. The van der Waals surface area contributed by atoms with Crippen molar-refractivity contribution >= 4 is 38.6 Å². The van der Waals surface area contributed by atoms with Gasteiger partial charge in [0, 0.05) is 13.1 Å². The second kappa shape index (κ2) is 7.98. The van der Waals surface area contributed by atoms with Crippen molar-refractivity contribution in [3.63, 3.8) is 0 Å². The Morgan fingerprint density at radius 3 is 2.00 bits per heavy atom. The van der Waals surface area contributed by atoms with Crippen LogP contribution >= 0.6 is 22.7 Å². The largest absolute Gasteiger partial charge is 0.385 e. The molecular weight excluding hydrogens is 398 g/mol. The van der Waals surface area contributed by atoms with Crippen LogP contribution in [0.2, 0.25) is 0 Å². The molecule has 1 fully saturated rings. The van der Waals surface area contributed by atoms with Gasteiger partial charge in [0.1, 0.15) is 5.75 Å². The van der Waals surface area contributed by atoms with Crippen LogP contribution in [0.4, 0.5) is 0 Å². The highest BCUT2D eigenvalue weighted by molar-refractivity contribution is 7.84. The van der Waals surface area contributed by atoms with Gasteiger partial charge in [-0.15, -0.1) is 0 Å². The maximum absolute atomic E-state index is 12.6. The molecule has 140 valence electrons. The van der Waals surface area contributed by atoms with Gasteiger partial charge >= 0.3 is 10.3 Å². The predicted molar refractivity (Wildman–Crippen MR) is 111 cm³/mol. The van der Waals surface area contributed by atoms with Gasteiger partial charge in [-0.1, -0.05) is 23.8 Å². The highest BCUT2D eigenvalue weighted by atomic mass is 32.2. The first-order valence-corrected chi connectivity index (χ1v) is 11.9. The summed E-state index contributed by atoms with van der Waals surface area (Å²) in [5.74, 6) is 0.344. The number of para-hydroxylation sites is 1. The normalized spacial score (nSPS) is 15.6. The Bertz CT molecular complexity index is 962. The molecule has 0 radical (unpaired) electrons. The van der Waals surface area contributed by atoms with Gasteiger partial charge < -0.3 is 4.18 Å². The molecule has 2 aromatic heterocycles. The lowest BCUT2D eigenvalue weighted by Crippen LogP contribution is -2.39. The van der Waals surface area contributed by atoms with Gasteiger partial charge in [-0.25, -0.2) is 0 Å². The quantitative estimate of drug-likeness (QED) is 0.585. The van der Waals surface area contributed by atoms with Crippen LogP contribution in [0.1, 0.15) is 24.0 Å². The third kappa shape index (κ3) is 4.16. The fourth-order valence-electron chi connectivity index (χ4n) is 3.27. The van der Waals surface area contributed by atoms with Crippen molar-refractivity contribution in [3.8, 4) is 5.75 Å². The Hall–Kier alpha value is -1.93. The molecule has 1 saturated heterocycles. The summed E-state index contributed by atoms with van der Waals surface area (Å²) in [6.45, 7) is 0.866. The van der Waals surface area contributed by atoms with E-state index in [1.165, 1.54) is 26.6 Å². The van der Waals surface area contributed by atoms with Gasteiger partial charge in [0.25, 0.3) is 0 Å². The molecule has 7 heteroatoms. The van der Waals surface area contributed by atoms with E-state index >= 15 is 0 Å². The summed E-state index contributed by atoms with van der Waals surface area (Å²) in [7, 11) is -3.78. The van der Waals surface area contributed by atoms with Gasteiger partial charge in [-0.2, -0.15) is 35.4 Å². The van der Waals surface area contributed by atoms with Crippen LogP contribution in [0.25, 0.3) is 5.57 Å². The Kier molecular flexibility index (Phi) is 5.45.